The van der Waals surface area contributed by atoms with Gasteiger partial charge < -0.3 is 10.5 Å². The van der Waals surface area contributed by atoms with Crippen LogP contribution in [0, 0.1) is 0 Å². The fourth-order valence-electron chi connectivity index (χ4n) is 1.47. The summed E-state index contributed by atoms with van der Waals surface area (Å²) in [6, 6.07) is 1.98. The fourth-order valence-corrected chi connectivity index (χ4v) is 2.59. The van der Waals surface area contributed by atoms with Crippen LogP contribution < -0.4 is 5.73 Å². The van der Waals surface area contributed by atoms with Crippen LogP contribution in [0.5, 0.6) is 0 Å². The van der Waals surface area contributed by atoms with E-state index in [1.54, 1.807) is 12.4 Å². The molecule has 0 radical (unpaired) electrons. The van der Waals surface area contributed by atoms with Gasteiger partial charge in [0.2, 0.25) is 0 Å². The van der Waals surface area contributed by atoms with Gasteiger partial charge >= 0.3 is 0 Å². The van der Waals surface area contributed by atoms with Crippen molar-refractivity contribution >= 4 is 17.4 Å². The molecule has 0 aliphatic carbocycles. The minimum Gasteiger partial charge on any atom is -0.397 e. The van der Waals surface area contributed by atoms with E-state index in [0.717, 1.165) is 36.6 Å². The monoisotopic (exact) mass is 210 g/mol. The molecule has 1 aliphatic rings. The minimum absolute atomic E-state index is 0.647. The van der Waals surface area contributed by atoms with Crippen LogP contribution in [0.4, 0.5) is 5.69 Å². The van der Waals surface area contributed by atoms with Gasteiger partial charge in [0.05, 0.1) is 11.9 Å². The highest BCUT2D eigenvalue weighted by Gasteiger charge is 2.15. The Morgan fingerprint density at radius 3 is 2.93 bits per heavy atom. The Balaban J connectivity index is 1.99. The normalized spacial score (nSPS) is 18.3. The SMILES string of the molecule is Nc1cnccc1SC1CCOCC1. The number of rotatable bonds is 2. The molecule has 2 heterocycles. The van der Waals surface area contributed by atoms with Crippen LogP contribution in [-0.2, 0) is 4.74 Å². The second-order valence-corrected chi connectivity index (χ2v) is 4.69. The van der Waals surface area contributed by atoms with Gasteiger partial charge in [-0.05, 0) is 18.9 Å². The number of nitrogen functional groups attached to an aromatic ring is 1. The molecule has 1 aromatic rings. The summed E-state index contributed by atoms with van der Waals surface area (Å²) in [5.74, 6) is 0. The van der Waals surface area contributed by atoms with Crippen LogP contribution in [0.3, 0.4) is 0 Å². The molecule has 0 spiro atoms. The fraction of sp³-hybridized carbons (Fsp3) is 0.500. The van der Waals surface area contributed by atoms with Crippen molar-refractivity contribution in [3.63, 3.8) is 0 Å². The summed E-state index contributed by atoms with van der Waals surface area (Å²) in [6.07, 6.45) is 5.73. The standard InChI is InChI=1S/C10H14N2OS/c11-9-7-12-4-1-10(9)14-8-2-5-13-6-3-8/h1,4,7-8H,2-3,5-6,11H2. The van der Waals surface area contributed by atoms with Crippen LogP contribution in [0.2, 0.25) is 0 Å². The molecule has 4 heteroatoms. The highest BCUT2D eigenvalue weighted by atomic mass is 32.2. The van der Waals surface area contributed by atoms with E-state index in [1.807, 2.05) is 17.8 Å². The van der Waals surface area contributed by atoms with Crippen molar-refractivity contribution in [1.82, 2.24) is 4.98 Å². The first-order valence-electron chi connectivity index (χ1n) is 4.80. The van der Waals surface area contributed by atoms with Crippen LogP contribution in [0.1, 0.15) is 12.8 Å². The molecule has 2 N–H and O–H groups in total. The van der Waals surface area contributed by atoms with Crippen LogP contribution in [0.15, 0.2) is 23.4 Å². The highest BCUT2D eigenvalue weighted by Crippen LogP contribution is 2.32. The van der Waals surface area contributed by atoms with Gasteiger partial charge in [-0.2, -0.15) is 0 Å². The van der Waals surface area contributed by atoms with Gasteiger partial charge in [-0.25, -0.2) is 0 Å². The minimum atomic E-state index is 0.647. The molecule has 0 aromatic carbocycles. The number of thioether (sulfide) groups is 1. The van der Waals surface area contributed by atoms with E-state index in [-0.39, 0.29) is 0 Å². The third-order valence-electron chi connectivity index (χ3n) is 2.27. The molecule has 3 nitrogen and oxygen atoms in total. The molecular formula is C10H14N2OS. The maximum atomic E-state index is 5.82. The predicted molar refractivity (Wildman–Crippen MR) is 58.3 cm³/mol. The number of hydrogen-bond acceptors (Lipinski definition) is 4. The number of nitrogens with two attached hydrogens (primary N) is 1. The average molecular weight is 210 g/mol. The van der Waals surface area contributed by atoms with Gasteiger partial charge in [0.25, 0.3) is 0 Å². The lowest BCUT2D eigenvalue weighted by Crippen LogP contribution is -2.17. The van der Waals surface area contributed by atoms with E-state index in [1.165, 1.54) is 0 Å². The smallest absolute Gasteiger partial charge is 0.0638 e. The van der Waals surface area contributed by atoms with E-state index in [2.05, 4.69) is 4.98 Å². The van der Waals surface area contributed by atoms with E-state index >= 15 is 0 Å². The van der Waals surface area contributed by atoms with Crippen molar-refractivity contribution in [2.45, 2.75) is 23.0 Å². The van der Waals surface area contributed by atoms with E-state index in [4.69, 9.17) is 10.5 Å². The molecule has 76 valence electrons. The van der Waals surface area contributed by atoms with Crippen molar-refractivity contribution in [2.24, 2.45) is 0 Å². The second kappa shape index (κ2) is 4.66. The lowest BCUT2D eigenvalue weighted by molar-refractivity contribution is 0.100. The third kappa shape index (κ3) is 2.39. The Morgan fingerprint density at radius 2 is 2.21 bits per heavy atom. The molecule has 1 fully saturated rings. The van der Waals surface area contributed by atoms with Crippen molar-refractivity contribution < 1.29 is 4.74 Å². The molecular weight excluding hydrogens is 196 g/mol. The molecule has 0 saturated carbocycles. The maximum Gasteiger partial charge on any atom is 0.0638 e. The Kier molecular flexibility index (Phi) is 3.26. The first kappa shape index (κ1) is 9.80. The molecule has 0 bridgehead atoms. The summed E-state index contributed by atoms with van der Waals surface area (Å²) in [7, 11) is 0. The summed E-state index contributed by atoms with van der Waals surface area (Å²) in [5, 5.41) is 0.647. The van der Waals surface area contributed by atoms with Crippen molar-refractivity contribution in [3.05, 3.63) is 18.5 Å². The van der Waals surface area contributed by atoms with Crippen molar-refractivity contribution in [1.29, 1.82) is 0 Å². The van der Waals surface area contributed by atoms with Gasteiger partial charge in [0, 0.05) is 29.6 Å². The zero-order valence-corrected chi connectivity index (χ0v) is 8.80. The van der Waals surface area contributed by atoms with Crippen molar-refractivity contribution in [2.75, 3.05) is 18.9 Å². The van der Waals surface area contributed by atoms with Crippen LogP contribution >= 0.6 is 11.8 Å². The van der Waals surface area contributed by atoms with Gasteiger partial charge in [-0.15, -0.1) is 11.8 Å². The lowest BCUT2D eigenvalue weighted by atomic mass is 10.2. The summed E-state index contributed by atoms with van der Waals surface area (Å²) < 4.78 is 5.31. The Bertz CT molecular complexity index is 300. The topological polar surface area (TPSA) is 48.1 Å². The van der Waals surface area contributed by atoms with E-state index < -0.39 is 0 Å². The quantitative estimate of drug-likeness (QED) is 0.810. The lowest BCUT2D eigenvalue weighted by Gasteiger charge is -2.21. The molecule has 0 unspecified atom stereocenters. The summed E-state index contributed by atoms with van der Waals surface area (Å²) in [5.41, 5.74) is 6.60. The zero-order valence-electron chi connectivity index (χ0n) is 7.98. The summed E-state index contributed by atoms with van der Waals surface area (Å²) >= 11 is 1.85. The Morgan fingerprint density at radius 1 is 1.43 bits per heavy atom. The summed E-state index contributed by atoms with van der Waals surface area (Å²) in [6.45, 7) is 1.76. The number of hydrogen-bond donors (Lipinski definition) is 1. The van der Waals surface area contributed by atoms with Gasteiger partial charge in [0.1, 0.15) is 0 Å². The Labute approximate surface area is 88.0 Å². The van der Waals surface area contributed by atoms with Crippen molar-refractivity contribution in [3.8, 4) is 0 Å². The average Bonchev–Trinajstić information content (AvgIpc) is 2.23. The number of ether oxygens (including phenoxy) is 1. The first-order valence-corrected chi connectivity index (χ1v) is 5.68. The van der Waals surface area contributed by atoms with Gasteiger partial charge in [-0.3, -0.25) is 4.98 Å². The largest absolute Gasteiger partial charge is 0.397 e. The molecule has 0 amide bonds. The number of pyridine rings is 1. The molecule has 1 aromatic heterocycles. The second-order valence-electron chi connectivity index (χ2n) is 3.34. The van der Waals surface area contributed by atoms with Crippen LogP contribution in [-0.4, -0.2) is 23.4 Å². The van der Waals surface area contributed by atoms with E-state index in [9.17, 15) is 0 Å². The molecule has 0 atom stereocenters. The third-order valence-corrected chi connectivity index (χ3v) is 3.70. The number of anilines is 1. The Hall–Kier alpha value is -0.740. The zero-order chi connectivity index (χ0) is 9.80. The van der Waals surface area contributed by atoms with Gasteiger partial charge in [0.15, 0.2) is 0 Å². The number of nitrogens with zero attached hydrogens (tertiary/aromatic N) is 1. The molecule has 1 aliphatic heterocycles. The molecule has 1 saturated heterocycles. The number of aromatic nitrogens is 1. The highest BCUT2D eigenvalue weighted by molar-refractivity contribution is 8.00. The summed E-state index contributed by atoms with van der Waals surface area (Å²) in [4.78, 5) is 5.12. The molecule has 14 heavy (non-hydrogen) atoms. The van der Waals surface area contributed by atoms with Gasteiger partial charge in [-0.1, -0.05) is 0 Å². The molecule has 2 rings (SSSR count). The maximum absolute atomic E-state index is 5.82. The predicted octanol–water partition coefficient (Wildman–Crippen LogP) is 1.93. The first-order chi connectivity index (χ1) is 6.86. The van der Waals surface area contributed by atoms with E-state index in [0.29, 0.717) is 5.25 Å². The van der Waals surface area contributed by atoms with Crippen LogP contribution in [0.25, 0.3) is 0 Å².